The van der Waals surface area contributed by atoms with Gasteiger partial charge in [0, 0.05) is 13.6 Å². The van der Waals surface area contributed by atoms with E-state index in [-0.39, 0.29) is 6.09 Å². The molecule has 0 heterocycles. The molecule has 100 valence electrons. The Morgan fingerprint density at radius 2 is 1.76 bits per heavy atom. The van der Waals surface area contributed by atoms with E-state index in [1.165, 1.54) is 25.7 Å². The maximum Gasteiger partial charge on any atom is 0.410 e. The minimum absolute atomic E-state index is 0.198. The maximum atomic E-state index is 11.8. The van der Waals surface area contributed by atoms with E-state index in [1.807, 2.05) is 27.8 Å². The molecule has 0 atom stereocenters. The summed E-state index contributed by atoms with van der Waals surface area (Å²) in [5.41, 5.74) is -0.396. The van der Waals surface area contributed by atoms with Crippen molar-refractivity contribution in [2.45, 2.75) is 59.0 Å². The van der Waals surface area contributed by atoms with Crippen molar-refractivity contribution in [3.8, 4) is 0 Å². The van der Waals surface area contributed by atoms with Gasteiger partial charge in [-0.25, -0.2) is 4.79 Å². The van der Waals surface area contributed by atoms with Crippen LogP contribution in [0, 0.1) is 11.8 Å². The molecule has 1 fully saturated rings. The molecule has 0 aromatic rings. The normalized spacial score (nSPS) is 25.5. The lowest BCUT2D eigenvalue weighted by molar-refractivity contribution is 0.0258. The molecular weight excluding hydrogens is 214 g/mol. The Bertz CT molecular complexity index is 249. The SMILES string of the molecule is CC1CCC(CN(C)C(=O)OC(C)(C)C)CC1. The van der Waals surface area contributed by atoms with E-state index < -0.39 is 5.60 Å². The summed E-state index contributed by atoms with van der Waals surface area (Å²) < 4.78 is 5.35. The van der Waals surface area contributed by atoms with Gasteiger partial charge in [-0.05, 0) is 45.4 Å². The highest BCUT2D eigenvalue weighted by molar-refractivity contribution is 5.67. The van der Waals surface area contributed by atoms with Gasteiger partial charge in [-0.3, -0.25) is 0 Å². The quantitative estimate of drug-likeness (QED) is 0.738. The lowest BCUT2D eigenvalue weighted by atomic mass is 9.83. The number of carbonyl (C=O) groups is 1. The number of ether oxygens (including phenoxy) is 1. The van der Waals surface area contributed by atoms with Gasteiger partial charge in [-0.1, -0.05) is 19.8 Å². The average Bonchev–Trinajstić information content (AvgIpc) is 2.19. The number of hydrogen-bond acceptors (Lipinski definition) is 2. The molecule has 1 amide bonds. The predicted molar refractivity (Wildman–Crippen MR) is 70.0 cm³/mol. The molecule has 1 aliphatic carbocycles. The van der Waals surface area contributed by atoms with E-state index in [0.29, 0.717) is 5.92 Å². The zero-order chi connectivity index (χ0) is 13.1. The lowest BCUT2D eigenvalue weighted by Crippen LogP contribution is -2.37. The van der Waals surface area contributed by atoms with Gasteiger partial charge in [0.1, 0.15) is 5.60 Å². The van der Waals surface area contributed by atoms with Crippen LogP contribution in [0.5, 0.6) is 0 Å². The predicted octanol–water partition coefficient (Wildman–Crippen LogP) is 3.68. The topological polar surface area (TPSA) is 29.5 Å². The molecule has 0 bridgehead atoms. The van der Waals surface area contributed by atoms with Crippen molar-refractivity contribution in [2.75, 3.05) is 13.6 Å². The third-order valence-electron chi connectivity index (χ3n) is 3.37. The van der Waals surface area contributed by atoms with E-state index in [2.05, 4.69) is 6.92 Å². The first-order chi connectivity index (χ1) is 7.78. The molecule has 1 rings (SSSR count). The third-order valence-corrected chi connectivity index (χ3v) is 3.37. The second-order valence-electron chi connectivity index (χ2n) is 6.49. The van der Waals surface area contributed by atoms with Crippen LogP contribution >= 0.6 is 0 Å². The van der Waals surface area contributed by atoms with Gasteiger partial charge in [0.15, 0.2) is 0 Å². The van der Waals surface area contributed by atoms with Gasteiger partial charge >= 0.3 is 6.09 Å². The van der Waals surface area contributed by atoms with Crippen LogP contribution in [0.4, 0.5) is 4.79 Å². The first-order valence-electron chi connectivity index (χ1n) is 6.72. The summed E-state index contributed by atoms with van der Waals surface area (Å²) in [5, 5.41) is 0. The van der Waals surface area contributed by atoms with Gasteiger partial charge in [-0.2, -0.15) is 0 Å². The van der Waals surface area contributed by atoms with Crippen LogP contribution < -0.4 is 0 Å². The van der Waals surface area contributed by atoms with Crippen molar-refractivity contribution < 1.29 is 9.53 Å². The number of amides is 1. The van der Waals surface area contributed by atoms with Crippen molar-refractivity contribution in [1.29, 1.82) is 0 Å². The minimum Gasteiger partial charge on any atom is -0.444 e. The number of hydrogen-bond donors (Lipinski definition) is 0. The zero-order valence-electron chi connectivity index (χ0n) is 12.0. The van der Waals surface area contributed by atoms with E-state index in [9.17, 15) is 4.79 Å². The molecule has 0 aromatic carbocycles. The highest BCUT2D eigenvalue weighted by atomic mass is 16.6. The summed E-state index contributed by atoms with van der Waals surface area (Å²) in [4.78, 5) is 13.5. The highest BCUT2D eigenvalue weighted by Gasteiger charge is 2.24. The minimum atomic E-state index is -0.396. The van der Waals surface area contributed by atoms with Gasteiger partial charge in [0.2, 0.25) is 0 Å². The van der Waals surface area contributed by atoms with Crippen LogP contribution in [0.1, 0.15) is 53.4 Å². The number of carbonyl (C=O) groups excluding carboxylic acids is 1. The molecule has 0 radical (unpaired) electrons. The van der Waals surface area contributed by atoms with Crippen molar-refractivity contribution in [3.05, 3.63) is 0 Å². The summed E-state index contributed by atoms with van der Waals surface area (Å²) in [6, 6.07) is 0. The maximum absolute atomic E-state index is 11.8. The molecule has 1 aliphatic rings. The molecular formula is C14H27NO2. The monoisotopic (exact) mass is 241 g/mol. The molecule has 0 N–H and O–H groups in total. The van der Waals surface area contributed by atoms with Crippen molar-refractivity contribution in [2.24, 2.45) is 11.8 Å². The zero-order valence-corrected chi connectivity index (χ0v) is 12.0. The Kier molecular flexibility index (Phi) is 4.84. The second kappa shape index (κ2) is 5.74. The largest absolute Gasteiger partial charge is 0.444 e. The van der Waals surface area contributed by atoms with E-state index in [1.54, 1.807) is 4.90 Å². The van der Waals surface area contributed by atoms with Crippen LogP contribution in [0.2, 0.25) is 0 Å². The van der Waals surface area contributed by atoms with Crippen LogP contribution in [-0.2, 0) is 4.74 Å². The van der Waals surface area contributed by atoms with Crippen molar-refractivity contribution in [3.63, 3.8) is 0 Å². The first kappa shape index (κ1) is 14.3. The molecule has 3 heteroatoms. The van der Waals surface area contributed by atoms with Crippen LogP contribution in [0.25, 0.3) is 0 Å². The summed E-state index contributed by atoms with van der Waals surface area (Å²) in [6.45, 7) is 8.86. The lowest BCUT2D eigenvalue weighted by Gasteiger charge is -2.31. The standard InChI is InChI=1S/C14H27NO2/c1-11-6-8-12(9-7-11)10-15(5)13(16)17-14(2,3)4/h11-12H,6-10H2,1-5H3. The average molecular weight is 241 g/mol. The van der Waals surface area contributed by atoms with Crippen molar-refractivity contribution >= 4 is 6.09 Å². The van der Waals surface area contributed by atoms with Crippen LogP contribution in [0.3, 0.4) is 0 Å². The fraction of sp³-hybridized carbons (Fsp3) is 0.929. The first-order valence-corrected chi connectivity index (χ1v) is 6.72. The summed E-state index contributed by atoms with van der Waals surface area (Å²) in [6.07, 6.45) is 4.89. The van der Waals surface area contributed by atoms with Crippen molar-refractivity contribution in [1.82, 2.24) is 4.90 Å². The van der Waals surface area contributed by atoms with Gasteiger partial charge in [-0.15, -0.1) is 0 Å². The summed E-state index contributed by atoms with van der Waals surface area (Å²) >= 11 is 0. The van der Waals surface area contributed by atoms with E-state index >= 15 is 0 Å². The Morgan fingerprint density at radius 1 is 1.24 bits per heavy atom. The fourth-order valence-corrected chi connectivity index (χ4v) is 2.31. The van der Waals surface area contributed by atoms with Gasteiger partial charge in [0.25, 0.3) is 0 Å². The Balaban J connectivity index is 2.33. The van der Waals surface area contributed by atoms with E-state index in [0.717, 1.165) is 12.5 Å². The third kappa shape index (κ3) is 5.42. The number of rotatable bonds is 2. The van der Waals surface area contributed by atoms with Gasteiger partial charge in [0.05, 0.1) is 0 Å². The molecule has 0 aromatic heterocycles. The Morgan fingerprint density at radius 3 is 2.24 bits per heavy atom. The Hall–Kier alpha value is -0.730. The molecule has 1 saturated carbocycles. The Labute approximate surface area is 106 Å². The molecule has 17 heavy (non-hydrogen) atoms. The summed E-state index contributed by atoms with van der Waals surface area (Å²) in [5.74, 6) is 1.52. The fourth-order valence-electron chi connectivity index (χ4n) is 2.31. The van der Waals surface area contributed by atoms with E-state index in [4.69, 9.17) is 4.74 Å². The van der Waals surface area contributed by atoms with Gasteiger partial charge < -0.3 is 9.64 Å². The molecule has 3 nitrogen and oxygen atoms in total. The highest BCUT2D eigenvalue weighted by Crippen LogP contribution is 2.28. The number of nitrogens with zero attached hydrogens (tertiary/aromatic N) is 1. The second-order valence-corrected chi connectivity index (χ2v) is 6.49. The molecule has 0 saturated heterocycles. The smallest absolute Gasteiger partial charge is 0.410 e. The summed E-state index contributed by atoms with van der Waals surface area (Å²) in [7, 11) is 1.84. The molecule has 0 unspecified atom stereocenters. The molecule has 0 aliphatic heterocycles. The van der Waals surface area contributed by atoms with Crippen LogP contribution in [0.15, 0.2) is 0 Å². The van der Waals surface area contributed by atoms with Crippen LogP contribution in [-0.4, -0.2) is 30.2 Å². The molecule has 0 spiro atoms.